The van der Waals surface area contributed by atoms with Crippen LogP contribution in [0, 0.1) is 6.92 Å². The molecule has 4 aliphatic heterocycles. The van der Waals surface area contributed by atoms with E-state index in [9.17, 15) is 41.0 Å². The summed E-state index contributed by atoms with van der Waals surface area (Å²) < 4.78 is 81.2. The third-order valence-corrected chi connectivity index (χ3v) is 9.11. The van der Waals surface area contributed by atoms with Gasteiger partial charge in [0.15, 0.2) is 0 Å². The average molecular weight is 593 g/mol. The van der Waals surface area contributed by atoms with E-state index in [0.717, 1.165) is 54.1 Å². The fraction of sp³-hybridized carbons (Fsp3) is 0.704. The molecule has 4 saturated heterocycles. The molecule has 1 aromatic carbocycles. The number of carboxylic acid groups (broad SMARTS) is 1. The van der Waals surface area contributed by atoms with Crippen LogP contribution in [-0.2, 0) is 16.1 Å². The SMILES string of the molecule is Cc1ccc(CN2CCCC23CCN(C(=O)OC(C(F)(F)F)C(F)(F)F)CC3)c(N2CC3CC2CN3CC(=O)O)c1. The molecule has 0 saturated carbocycles. The van der Waals surface area contributed by atoms with E-state index >= 15 is 0 Å². The van der Waals surface area contributed by atoms with Gasteiger partial charge in [-0.2, -0.15) is 26.3 Å². The second-order valence-electron chi connectivity index (χ2n) is 11.7. The summed E-state index contributed by atoms with van der Waals surface area (Å²) >= 11 is 0. The zero-order chi connectivity index (χ0) is 29.7. The number of nitrogens with zero attached hydrogens (tertiary/aromatic N) is 4. The Labute approximate surface area is 233 Å². The van der Waals surface area contributed by atoms with Crippen LogP contribution in [0.4, 0.5) is 36.8 Å². The number of ether oxygens (including phenoxy) is 1. The fourth-order valence-corrected chi connectivity index (χ4v) is 7.10. The fourth-order valence-electron chi connectivity index (χ4n) is 7.10. The van der Waals surface area contributed by atoms with Gasteiger partial charge in [-0.15, -0.1) is 0 Å². The maximum atomic E-state index is 12.9. The molecule has 1 spiro atoms. The summed E-state index contributed by atoms with van der Waals surface area (Å²) in [5.74, 6) is -0.834. The van der Waals surface area contributed by atoms with Crippen molar-refractivity contribution in [3.8, 4) is 0 Å². The Bertz CT molecular complexity index is 1140. The quantitative estimate of drug-likeness (QED) is 0.491. The molecular weight excluding hydrogens is 558 g/mol. The molecule has 0 radical (unpaired) electrons. The molecule has 228 valence electrons. The van der Waals surface area contributed by atoms with E-state index in [1.54, 1.807) is 0 Å². The molecule has 0 aliphatic carbocycles. The van der Waals surface area contributed by atoms with Gasteiger partial charge in [0.05, 0.1) is 6.54 Å². The first kappa shape index (κ1) is 29.7. The number of piperidine rings is 1. The number of carboxylic acids is 1. The number of alkyl halides is 6. The molecule has 1 amide bonds. The first-order chi connectivity index (χ1) is 19.2. The first-order valence-corrected chi connectivity index (χ1v) is 13.8. The lowest BCUT2D eigenvalue weighted by Crippen LogP contribution is -2.54. The van der Waals surface area contributed by atoms with Crippen molar-refractivity contribution in [2.45, 2.75) is 81.7 Å². The van der Waals surface area contributed by atoms with Crippen LogP contribution in [0.15, 0.2) is 18.2 Å². The van der Waals surface area contributed by atoms with E-state index in [2.05, 4.69) is 26.7 Å². The third-order valence-electron chi connectivity index (χ3n) is 9.11. The van der Waals surface area contributed by atoms with Crippen molar-refractivity contribution in [1.82, 2.24) is 14.7 Å². The van der Waals surface area contributed by atoms with Crippen LogP contribution in [0.5, 0.6) is 0 Å². The summed E-state index contributed by atoms with van der Waals surface area (Å²) in [5.41, 5.74) is 3.03. The lowest BCUT2D eigenvalue weighted by molar-refractivity contribution is -0.308. The zero-order valence-corrected chi connectivity index (χ0v) is 22.7. The predicted octanol–water partition coefficient (Wildman–Crippen LogP) is 4.40. The van der Waals surface area contributed by atoms with Crippen LogP contribution in [0.1, 0.15) is 43.2 Å². The minimum atomic E-state index is -5.75. The van der Waals surface area contributed by atoms with Crippen molar-refractivity contribution in [1.29, 1.82) is 0 Å². The number of carbonyl (C=O) groups is 2. The third kappa shape index (κ3) is 6.08. The Balaban J connectivity index is 1.25. The summed E-state index contributed by atoms with van der Waals surface area (Å²) in [4.78, 5) is 31.2. The Morgan fingerprint density at radius 3 is 2.29 bits per heavy atom. The minimum absolute atomic E-state index is 0.00775. The summed E-state index contributed by atoms with van der Waals surface area (Å²) in [7, 11) is 0. The number of hydrogen-bond donors (Lipinski definition) is 1. The Morgan fingerprint density at radius 2 is 1.71 bits per heavy atom. The lowest BCUT2D eigenvalue weighted by Gasteiger charge is -2.45. The van der Waals surface area contributed by atoms with Gasteiger partial charge in [0.25, 0.3) is 6.10 Å². The van der Waals surface area contributed by atoms with E-state index in [1.165, 1.54) is 0 Å². The monoisotopic (exact) mass is 592 g/mol. The van der Waals surface area contributed by atoms with Crippen LogP contribution < -0.4 is 4.90 Å². The molecule has 1 aromatic rings. The summed E-state index contributed by atoms with van der Waals surface area (Å²) in [6.07, 6.45) is -13.8. The molecule has 14 heteroatoms. The first-order valence-electron chi connectivity index (χ1n) is 13.8. The molecule has 41 heavy (non-hydrogen) atoms. The number of amides is 1. The van der Waals surface area contributed by atoms with Gasteiger partial charge >= 0.3 is 24.4 Å². The van der Waals surface area contributed by atoms with Crippen molar-refractivity contribution in [2.24, 2.45) is 0 Å². The highest BCUT2D eigenvalue weighted by Gasteiger charge is 2.60. The molecule has 5 rings (SSSR count). The highest BCUT2D eigenvalue weighted by molar-refractivity contribution is 5.69. The highest BCUT2D eigenvalue weighted by atomic mass is 19.4. The second kappa shape index (κ2) is 10.8. The van der Waals surface area contributed by atoms with Gasteiger partial charge in [0.2, 0.25) is 0 Å². The number of likely N-dealkylation sites (tertiary alicyclic amines) is 3. The summed E-state index contributed by atoms with van der Waals surface area (Å²) in [5, 5.41) is 9.22. The van der Waals surface area contributed by atoms with Crippen molar-refractivity contribution in [3.05, 3.63) is 29.3 Å². The van der Waals surface area contributed by atoms with Gasteiger partial charge in [-0.05, 0) is 62.8 Å². The molecule has 2 bridgehead atoms. The van der Waals surface area contributed by atoms with E-state index in [0.29, 0.717) is 25.9 Å². The lowest BCUT2D eigenvalue weighted by atomic mass is 9.84. The van der Waals surface area contributed by atoms with E-state index in [-0.39, 0.29) is 37.3 Å². The number of fused-ring (bicyclic) bond motifs is 2. The number of aliphatic carboxylic acids is 1. The van der Waals surface area contributed by atoms with Gasteiger partial charge in [-0.25, -0.2) is 4.79 Å². The van der Waals surface area contributed by atoms with Crippen molar-refractivity contribution < 1.29 is 45.8 Å². The maximum absolute atomic E-state index is 12.9. The summed E-state index contributed by atoms with van der Waals surface area (Å²) in [6.45, 7) is 4.91. The zero-order valence-electron chi connectivity index (χ0n) is 22.7. The smallest absolute Gasteiger partial charge is 0.434 e. The van der Waals surface area contributed by atoms with Crippen molar-refractivity contribution in [3.63, 3.8) is 0 Å². The standard InChI is InChI=1S/C27H34F6N4O4/c1-17-3-4-18(21(11-17)37-15-19-12-20(37)14-35(19)16-22(38)39)13-36-8-2-5-25(36)6-9-34(10-7-25)24(40)41-23(26(28,29)30)27(31,32)33/h3-4,11,19-20,23H,2,5-10,12-16H2,1H3,(H,38,39). The molecule has 4 fully saturated rings. The van der Waals surface area contributed by atoms with Gasteiger partial charge in [0.1, 0.15) is 0 Å². The number of aryl methyl sites for hydroxylation is 1. The number of benzene rings is 1. The van der Waals surface area contributed by atoms with Crippen molar-refractivity contribution >= 4 is 17.7 Å². The van der Waals surface area contributed by atoms with Gasteiger partial charge in [-0.3, -0.25) is 14.6 Å². The highest BCUT2D eigenvalue weighted by Crippen LogP contribution is 2.43. The molecule has 4 aliphatic rings. The van der Waals surface area contributed by atoms with Crippen LogP contribution in [0.2, 0.25) is 0 Å². The summed E-state index contributed by atoms with van der Waals surface area (Å²) in [6, 6.07) is 6.69. The number of halogens is 6. The Kier molecular flexibility index (Phi) is 7.86. The van der Waals surface area contributed by atoms with Gasteiger partial charge in [-0.1, -0.05) is 12.1 Å². The van der Waals surface area contributed by atoms with Crippen molar-refractivity contribution in [2.75, 3.05) is 44.2 Å². The minimum Gasteiger partial charge on any atom is -0.480 e. The van der Waals surface area contributed by atoms with Crippen LogP contribution in [0.25, 0.3) is 0 Å². The maximum Gasteiger partial charge on any atom is 0.434 e. The number of hydrogen-bond acceptors (Lipinski definition) is 6. The largest absolute Gasteiger partial charge is 0.480 e. The molecule has 2 unspecified atom stereocenters. The van der Waals surface area contributed by atoms with Crippen LogP contribution in [0.3, 0.4) is 0 Å². The van der Waals surface area contributed by atoms with Crippen LogP contribution >= 0.6 is 0 Å². The Morgan fingerprint density at radius 1 is 1.02 bits per heavy atom. The molecule has 2 atom stereocenters. The second-order valence-corrected chi connectivity index (χ2v) is 11.7. The normalized spacial score (nSPS) is 25.1. The number of rotatable bonds is 6. The molecule has 8 nitrogen and oxygen atoms in total. The van der Waals surface area contributed by atoms with Crippen LogP contribution in [-0.4, -0.2) is 107 Å². The van der Waals surface area contributed by atoms with Gasteiger partial charge in [0, 0.05) is 56.0 Å². The predicted molar refractivity (Wildman–Crippen MR) is 135 cm³/mol. The number of carbonyl (C=O) groups excluding carboxylic acids is 1. The topological polar surface area (TPSA) is 76.6 Å². The molecule has 4 heterocycles. The van der Waals surface area contributed by atoms with Gasteiger partial charge < -0.3 is 19.6 Å². The molecular formula is C27H34F6N4O4. The number of piperazine rings is 1. The van der Waals surface area contributed by atoms with E-state index < -0.39 is 30.5 Å². The average Bonchev–Trinajstić information content (AvgIpc) is 3.57. The molecule has 1 N–H and O–H groups in total. The molecule has 0 aromatic heterocycles. The van der Waals surface area contributed by atoms with E-state index in [1.807, 2.05) is 17.9 Å². The Hall–Kier alpha value is -2.74. The van der Waals surface area contributed by atoms with E-state index in [4.69, 9.17) is 0 Å². The number of anilines is 1.